The minimum atomic E-state index is 0.131. The summed E-state index contributed by atoms with van der Waals surface area (Å²) in [7, 11) is 0. The second kappa shape index (κ2) is 5.97. The summed E-state index contributed by atoms with van der Waals surface area (Å²) in [6, 6.07) is 11.3. The van der Waals surface area contributed by atoms with E-state index in [0.29, 0.717) is 16.9 Å². The van der Waals surface area contributed by atoms with Crippen molar-refractivity contribution in [1.29, 1.82) is 0 Å². The highest BCUT2D eigenvalue weighted by Gasteiger charge is 2.34. The van der Waals surface area contributed by atoms with Gasteiger partial charge in [0, 0.05) is 53.9 Å². The van der Waals surface area contributed by atoms with E-state index in [9.17, 15) is 4.79 Å². The summed E-state index contributed by atoms with van der Waals surface area (Å²) in [5, 5.41) is 1.40. The topological polar surface area (TPSA) is 25.2 Å². The fourth-order valence-electron chi connectivity index (χ4n) is 4.02. The molecule has 0 amide bonds. The van der Waals surface area contributed by atoms with Crippen molar-refractivity contribution in [2.75, 3.05) is 13.1 Å². The zero-order valence-corrected chi connectivity index (χ0v) is 14.2. The molecule has 120 valence electrons. The average molecular weight is 349 g/mol. The van der Waals surface area contributed by atoms with Gasteiger partial charge in [-0.25, -0.2) is 0 Å². The Morgan fingerprint density at radius 3 is 2.78 bits per heavy atom. The third kappa shape index (κ3) is 2.93. The molecule has 1 aromatic carbocycles. The highest BCUT2D eigenvalue weighted by molar-refractivity contribution is 6.35. The van der Waals surface area contributed by atoms with Gasteiger partial charge in [-0.2, -0.15) is 0 Å². The maximum atomic E-state index is 12.1. The fourth-order valence-corrected chi connectivity index (χ4v) is 4.48. The summed E-state index contributed by atoms with van der Waals surface area (Å²) >= 11 is 12.3. The van der Waals surface area contributed by atoms with E-state index < -0.39 is 0 Å². The molecule has 23 heavy (non-hydrogen) atoms. The van der Waals surface area contributed by atoms with E-state index in [1.807, 2.05) is 22.8 Å². The number of hydrogen-bond acceptors (Lipinski definition) is 2. The van der Waals surface area contributed by atoms with Gasteiger partial charge in [-0.05, 0) is 36.1 Å². The standard InChI is InChI=1S/C18H18Cl2N2O/c19-15-5-4-13(16(20)7-15)10-21-8-12-6-14(11-21)17-2-1-3-18(23)22(17)9-12/h1-5,7,12,14H,6,8-11H2/t12-,14+/m0/s1. The van der Waals surface area contributed by atoms with E-state index in [2.05, 4.69) is 11.0 Å². The third-order valence-corrected chi connectivity index (χ3v) is 5.55. The first-order chi connectivity index (χ1) is 11.1. The molecule has 0 spiro atoms. The first-order valence-electron chi connectivity index (χ1n) is 7.96. The maximum absolute atomic E-state index is 12.1. The van der Waals surface area contributed by atoms with E-state index in [1.54, 1.807) is 12.1 Å². The number of pyridine rings is 1. The van der Waals surface area contributed by atoms with Crippen LogP contribution >= 0.6 is 23.2 Å². The largest absolute Gasteiger partial charge is 0.312 e. The van der Waals surface area contributed by atoms with Crippen LogP contribution in [-0.4, -0.2) is 22.6 Å². The monoisotopic (exact) mass is 348 g/mol. The SMILES string of the molecule is O=c1cccc2n1C[C@H]1C[C@@H]2CN(Cc2ccc(Cl)cc2Cl)C1. The van der Waals surface area contributed by atoms with Gasteiger partial charge >= 0.3 is 0 Å². The summed E-state index contributed by atoms with van der Waals surface area (Å²) in [5.74, 6) is 0.968. The lowest BCUT2D eigenvalue weighted by Gasteiger charge is -2.42. The van der Waals surface area contributed by atoms with Crippen LogP contribution < -0.4 is 5.56 Å². The van der Waals surface area contributed by atoms with Gasteiger partial charge in [-0.15, -0.1) is 0 Å². The van der Waals surface area contributed by atoms with E-state index >= 15 is 0 Å². The van der Waals surface area contributed by atoms with Crippen LogP contribution in [0.4, 0.5) is 0 Å². The zero-order valence-electron chi connectivity index (χ0n) is 12.7. The number of rotatable bonds is 2. The lowest BCUT2D eigenvalue weighted by molar-refractivity contribution is 0.114. The van der Waals surface area contributed by atoms with Crippen molar-refractivity contribution < 1.29 is 0 Å². The van der Waals surface area contributed by atoms with Crippen molar-refractivity contribution in [3.63, 3.8) is 0 Å². The quantitative estimate of drug-likeness (QED) is 0.825. The van der Waals surface area contributed by atoms with Crippen LogP contribution in [0.3, 0.4) is 0 Å². The number of halogens is 2. The molecule has 4 rings (SSSR count). The summed E-state index contributed by atoms with van der Waals surface area (Å²) in [6.45, 7) is 3.64. The number of piperidine rings is 1. The molecule has 2 aliphatic rings. The highest BCUT2D eigenvalue weighted by atomic mass is 35.5. The molecule has 2 aliphatic heterocycles. The van der Waals surface area contributed by atoms with Gasteiger partial charge in [0.15, 0.2) is 0 Å². The van der Waals surface area contributed by atoms with Crippen molar-refractivity contribution in [3.05, 3.63) is 68.1 Å². The van der Waals surface area contributed by atoms with Crippen molar-refractivity contribution in [3.8, 4) is 0 Å². The molecule has 0 radical (unpaired) electrons. The van der Waals surface area contributed by atoms with E-state index in [-0.39, 0.29) is 5.56 Å². The van der Waals surface area contributed by atoms with Crippen LogP contribution in [0, 0.1) is 5.92 Å². The first-order valence-corrected chi connectivity index (χ1v) is 8.72. The number of benzene rings is 1. The molecule has 3 nitrogen and oxygen atoms in total. The van der Waals surface area contributed by atoms with Gasteiger partial charge < -0.3 is 4.57 Å². The van der Waals surface area contributed by atoms with Gasteiger partial charge in [0.05, 0.1) is 0 Å². The fraction of sp³-hybridized carbons (Fsp3) is 0.389. The highest BCUT2D eigenvalue weighted by Crippen LogP contribution is 2.36. The van der Waals surface area contributed by atoms with E-state index in [4.69, 9.17) is 23.2 Å². The third-order valence-electron chi connectivity index (χ3n) is 4.96. The molecule has 0 saturated carbocycles. The molecule has 2 bridgehead atoms. The first kappa shape index (κ1) is 15.3. The minimum Gasteiger partial charge on any atom is -0.312 e. The Morgan fingerprint density at radius 2 is 1.96 bits per heavy atom. The Morgan fingerprint density at radius 1 is 1.09 bits per heavy atom. The molecule has 5 heteroatoms. The number of nitrogens with zero attached hydrogens (tertiary/aromatic N) is 2. The number of aromatic nitrogens is 1. The second-order valence-electron chi connectivity index (χ2n) is 6.63. The molecule has 1 fully saturated rings. The summed E-state index contributed by atoms with van der Waals surface area (Å²) in [4.78, 5) is 14.5. The smallest absolute Gasteiger partial charge is 0.250 e. The van der Waals surface area contributed by atoms with Crippen LogP contribution in [0.2, 0.25) is 10.0 Å². The second-order valence-corrected chi connectivity index (χ2v) is 7.47. The Labute approximate surface area is 145 Å². The summed E-state index contributed by atoms with van der Waals surface area (Å²) in [5.41, 5.74) is 2.42. The molecule has 2 atom stereocenters. The van der Waals surface area contributed by atoms with Gasteiger partial charge in [0.1, 0.15) is 0 Å². The molecule has 0 aliphatic carbocycles. The van der Waals surface area contributed by atoms with Gasteiger partial charge in [0.25, 0.3) is 5.56 Å². The molecular formula is C18H18Cl2N2O. The lowest BCUT2D eigenvalue weighted by Crippen LogP contribution is -2.46. The number of likely N-dealkylation sites (tertiary alicyclic amines) is 1. The summed E-state index contributed by atoms with van der Waals surface area (Å²) in [6.07, 6.45) is 1.17. The normalized spacial score (nSPS) is 23.6. The van der Waals surface area contributed by atoms with Crippen molar-refractivity contribution in [2.24, 2.45) is 5.92 Å². The predicted octanol–water partition coefficient (Wildman–Crippen LogP) is 3.77. The van der Waals surface area contributed by atoms with Crippen molar-refractivity contribution in [1.82, 2.24) is 9.47 Å². The minimum absolute atomic E-state index is 0.131. The number of fused-ring (bicyclic) bond motifs is 4. The molecule has 1 aromatic heterocycles. The van der Waals surface area contributed by atoms with Crippen LogP contribution in [0.5, 0.6) is 0 Å². The Bertz CT molecular complexity index is 802. The molecule has 1 saturated heterocycles. The zero-order chi connectivity index (χ0) is 16.0. The predicted molar refractivity (Wildman–Crippen MR) is 93.3 cm³/mol. The van der Waals surface area contributed by atoms with Gasteiger partial charge in [-0.3, -0.25) is 9.69 Å². The van der Waals surface area contributed by atoms with Gasteiger partial charge in [-0.1, -0.05) is 35.3 Å². The van der Waals surface area contributed by atoms with Crippen LogP contribution in [0.15, 0.2) is 41.2 Å². The Kier molecular flexibility index (Phi) is 3.96. The van der Waals surface area contributed by atoms with Crippen LogP contribution in [-0.2, 0) is 13.1 Å². The van der Waals surface area contributed by atoms with E-state index in [1.165, 1.54) is 12.1 Å². The molecule has 2 aromatic rings. The van der Waals surface area contributed by atoms with Crippen LogP contribution in [0.25, 0.3) is 0 Å². The van der Waals surface area contributed by atoms with Crippen molar-refractivity contribution in [2.45, 2.75) is 25.4 Å². The maximum Gasteiger partial charge on any atom is 0.250 e. The van der Waals surface area contributed by atoms with Crippen molar-refractivity contribution >= 4 is 23.2 Å². The number of hydrogen-bond donors (Lipinski definition) is 0. The average Bonchev–Trinajstić information content (AvgIpc) is 2.51. The summed E-state index contributed by atoms with van der Waals surface area (Å²) < 4.78 is 1.96. The lowest BCUT2D eigenvalue weighted by atomic mass is 9.83. The molecule has 0 N–H and O–H groups in total. The molecule has 0 unspecified atom stereocenters. The Hall–Kier alpha value is -1.29. The van der Waals surface area contributed by atoms with Crippen LogP contribution in [0.1, 0.15) is 23.6 Å². The van der Waals surface area contributed by atoms with Gasteiger partial charge in [0.2, 0.25) is 0 Å². The molecular weight excluding hydrogens is 331 g/mol. The Balaban J connectivity index is 1.57. The van der Waals surface area contributed by atoms with E-state index in [0.717, 1.165) is 36.8 Å². The molecule has 3 heterocycles.